The minimum Gasteiger partial charge on any atom is -0.134 e. The Morgan fingerprint density at radius 3 is 1.48 bits per heavy atom. The fourth-order valence-electron chi connectivity index (χ4n) is 9.98. The molecule has 1 aliphatic rings. The van der Waals surface area contributed by atoms with Crippen LogP contribution in [0.25, 0.3) is 108 Å². The van der Waals surface area contributed by atoms with Gasteiger partial charge < -0.3 is 0 Å². The summed E-state index contributed by atoms with van der Waals surface area (Å²) in [5.74, 6) is 0. The Hall–Kier alpha value is -6.80. The van der Waals surface area contributed by atoms with Gasteiger partial charge in [-0.25, -0.2) is 0 Å². The van der Waals surface area contributed by atoms with Crippen LogP contribution in [0.4, 0.5) is 0 Å². The van der Waals surface area contributed by atoms with Gasteiger partial charge in [-0.1, -0.05) is 190 Å². The lowest BCUT2D eigenvalue weighted by Crippen LogP contribution is -2.14. The first-order valence-electron chi connectivity index (χ1n) is 20.2. The highest BCUT2D eigenvalue weighted by Crippen LogP contribution is 2.54. The van der Waals surface area contributed by atoms with Gasteiger partial charge in [-0.15, -0.1) is 11.3 Å². The van der Waals surface area contributed by atoms with Crippen LogP contribution in [0.3, 0.4) is 0 Å². The van der Waals surface area contributed by atoms with Gasteiger partial charge in [-0.05, 0) is 112 Å². The molecule has 1 heterocycles. The predicted octanol–water partition coefficient (Wildman–Crippen LogP) is 16.5. The zero-order chi connectivity index (χ0) is 38.5. The SMILES string of the molecule is CC1(C)c2ccccc2-c2c1ccc1c2sc2cc3cc(-c4ccc(-c5c6ccccc6c(-c6ccc(-c7ccccc7)cc6)c6ccccc56)cc4)ccc3cc21. The monoisotopic (exact) mass is 754 g/mol. The van der Waals surface area contributed by atoms with Crippen molar-refractivity contribution in [3.63, 3.8) is 0 Å². The minimum atomic E-state index is 0.00496. The fraction of sp³-hybridized carbons (Fsp3) is 0.0526. The van der Waals surface area contributed by atoms with Crippen LogP contribution in [-0.4, -0.2) is 0 Å². The van der Waals surface area contributed by atoms with Crippen LogP contribution in [0.5, 0.6) is 0 Å². The van der Waals surface area contributed by atoms with E-state index >= 15 is 0 Å². The molecule has 0 fully saturated rings. The van der Waals surface area contributed by atoms with E-state index in [0.29, 0.717) is 0 Å². The molecule has 0 unspecified atom stereocenters. The van der Waals surface area contributed by atoms with Gasteiger partial charge in [0.1, 0.15) is 0 Å². The average molecular weight is 755 g/mol. The lowest BCUT2D eigenvalue weighted by atomic mass is 9.82. The van der Waals surface area contributed by atoms with Crippen molar-refractivity contribution in [2.45, 2.75) is 19.3 Å². The molecular formula is C57H38S. The van der Waals surface area contributed by atoms with Crippen molar-refractivity contribution in [1.82, 2.24) is 0 Å². The molecule has 0 N–H and O–H groups in total. The molecule has 1 aliphatic carbocycles. The number of benzene rings is 10. The first-order chi connectivity index (χ1) is 28.5. The number of hydrogen-bond donors (Lipinski definition) is 0. The van der Waals surface area contributed by atoms with E-state index in [1.54, 1.807) is 0 Å². The number of thiophene rings is 1. The maximum absolute atomic E-state index is 2.42. The Balaban J connectivity index is 0.941. The van der Waals surface area contributed by atoms with E-state index in [1.165, 1.54) is 119 Å². The third-order valence-electron chi connectivity index (χ3n) is 12.9. The summed E-state index contributed by atoms with van der Waals surface area (Å²) in [5, 5.41) is 10.4. The molecule has 12 rings (SSSR count). The third kappa shape index (κ3) is 4.93. The van der Waals surface area contributed by atoms with E-state index in [-0.39, 0.29) is 5.41 Å². The second-order valence-corrected chi connectivity index (χ2v) is 17.5. The summed E-state index contributed by atoms with van der Waals surface area (Å²) in [5.41, 5.74) is 15.6. The smallest absolute Gasteiger partial charge is 0.0437 e. The molecule has 0 saturated heterocycles. The van der Waals surface area contributed by atoms with Gasteiger partial charge in [0.2, 0.25) is 0 Å². The number of fused-ring (bicyclic) bond motifs is 10. The normalized spacial score (nSPS) is 13.1. The molecule has 0 atom stereocenters. The molecule has 0 aliphatic heterocycles. The van der Waals surface area contributed by atoms with Crippen molar-refractivity contribution >= 4 is 63.8 Å². The highest BCUT2D eigenvalue weighted by Gasteiger charge is 2.36. The van der Waals surface area contributed by atoms with Gasteiger partial charge >= 0.3 is 0 Å². The Morgan fingerprint density at radius 2 is 0.845 bits per heavy atom. The number of rotatable bonds is 4. The molecule has 272 valence electrons. The molecule has 0 spiro atoms. The molecule has 10 aromatic carbocycles. The summed E-state index contributed by atoms with van der Waals surface area (Å²) < 4.78 is 2.76. The van der Waals surface area contributed by atoms with Crippen molar-refractivity contribution in [2.24, 2.45) is 0 Å². The summed E-state index contributed by atoms with van der Waals surface area (Å²) in [6.07, 6.45) is 0. The molecule has 0 radical (unpaired) electrons. The summed E-state index contributed by atoms with van der Waals surface area (Å²) in [4.78, 5) is 0. The van der Waals surface area contributed by atoms with Crippen LogP contribution in [0, 0.1) is 0 Å². The van der Waals surface area contributed by atoms with E-state index in [0.717, 1.165) is 0 Å². The van der Waals surface area contributed by atoms with Crippen LogP contribution in [0.2, 0.25) is 0 Å². The molecule has 0 amide bonds. The fourth-order valence-corrected chi connectivity index (χ4v) is 11.3. The molecule has 58 heavy (non-hydrogen) atoms. The van der Waals surface area contributed by atoms with Gasteiger partial charge in [0.05, 0.1) is 0 Å². The van der Waals surface area contributed by atoms with Gasteiger partial charge in [-0.3, -0.25) is 0 Å². The maximum atomic E-state index is 2.42. The largest absolute Gasteiger partial charge is 0.134 e. The van der Waals surface area contributed by atoms with Gasteiger partial charge in [0, 0.05) is 31.2 Å². The van der Waals surface area contributed by atoms with Crippen LogP contribution < -0.4 is 0 Å². The van der Waals surface area contributed by atoms with E-state index in [1.807, 2.05) is 11.3 Å². The lowest BCUT2D eigenvalue weighted by Gasteiger charge is -2.21. The molecule has 11 aromatic rings. The standard InChI is InChI=1S/C57H38S/c1-57(2)50-19-11-10-18-48(50)55-51(57)31-30-47-49-33-41-29-28-40(32-42(41)34-52(49)58-56(47)55)37-22-26-39(27-23-37)54-45-16-8-6-14-43(45)53(44-15-7-9-17-46(44)54)38-24-20-36(21-25-38)35-12-4-3-5-13-35/h3-34H,1-2H3. The van der Waals surface area contributed by atoms with Crippen molar-refractivity contribution in [2.75, 3.05) is 0 Å². The summed E-state index contributed by atoms with van der Waals surface area (Å²) >= 11 is 1.95. The van der Waals surface area contributed by atoms with Crippen molar-refractivity contribution < 1.29 is 0 Å². The van der Waals surface area contributed by atoms with E-state index in [9.17, 15) is 0 Å². The predicted molar refractivity (Wildman–Crippen MR) is 251 cm³/mol. The van der Waals surface area contributed by atoms with Crippen LogP contribution in [0.15, 0.2) is 194 Å². The lowest BCUT2D eigenvalue weighted by molar-refractivity contribution is 0.661. The summed E-state index contributed by atoms with van der Waals surface area (Å²) in [6.45, 7) is 4.73. The first kappa shape index (κ1) is 33.4. The van der Waals surface area contributed by atoms with Crippen LogP contribution >= 0.6 is 11.3 Å². The molecule has 0 bridgehead atoms. The Morgan fingerprint density at radius 1 is 0.328 bits per heavy atom. The second kappa shape index (κ2) is 12.6. The topological polar surface area (TPSA) is 0 Å². The number of hydrogen-bond acceptors (Lipinski definition) is 1. The van der Waals surface area contributed by atoms with Crippen molar-refractivity contribution in [1.29, 1.82) is 0 Å². The average Bonchev–Trinajstić information content (AvgIpc) is 3.75. The molecule has 1 aromatic heterocycles. The Kier molecular flexibility index (Phi) is 7.25. The maximum Gasteiger partial charge on any atom is 0.0437 e. The first-order valence-corrected chi connectivity index (χ1v) is 21.1. The molecule has 0 saturated carbocycles. The molecule has 1 heteroatoms. The Labute approximate surface area is 342 Å². The van der Waals surface area contributed by atoms with Crippen molar-refractivity contribution in [3.8, 4) is 55.6 Å². The van der Waals surface area contributed by atoms with Crippen molar-refractivity contribution in [3.05, 3.63) is 205 Å². The summed E-state index contributed by atoms with van der Waals surface area (Å²) in [6, 6.07) is 72.3. The zero-order valence-electron chi connectivity index (χ0n) is 32.4. The zero-order valence-corrected chi connectivity index (χ0v) is 33.2. The molecule has 0 nitrogen and oxygen atoms in total. The highest BCUT2D eigenvalue weighted by atomic mass is 32.1. The second-order valence-electron chi connectivity index (χ2n) is 16.4. The molecular weight excluding hydrogens is 717 g/mol. The van der Waals surface area contributed by atoms with Gasteiger partial charge in [-0.2, -0.15) is 0 Å². The summed E-state index contributed by atoms with van der Waals surface area (Å²) in [7, 11) is 0. The minimum absolute atomic E-state index is 0.00496. The third-order valence-corrected chi connectivity index (χ3v) is 14.0. The Bertz CT molecular complexity index is 3380. The van der Waals surface area contributed by atoms with Crippen LogP contribution in [-0.2, 0) is 5.41 Å². The van der Waals surface area contributed by atoms with E-state index in [4.69, 9.17) is 0 Å². The van der Waals surface area contributed by atoms with E-state index in [2.05, 4.69) is 208 Å². The highest BCUT2D eigenvalue weighted by molar-refractivity contribution is 7.26. The van der Waals surface area contributed by atoms with Crippen LogP contribution in [0.1, 0.15) is 25.0 Å². The quantitative estimate of drug-likeness (QED) is 0.157. The van der Waals surface area contributed by atoms with Gasteiger partial charge in [0.15, 0.2) is 0 Å². The van der Waals surface area contributed by atoms with E-state index < -0.39 is 0 Å². The van der Waals surface area contributed by atoms with Gasteiger partial charge in [0.25, 0.3) is 0 Å².